The van der Waals surface area contributed by atoms with Crippen LogP contribution in [0, 0.1) is 0 Å². The molecule has 0 saturated carbocycles. The van der Waals surface area contributed by atoms with Crippen LogP contribution in [0.1, 0.15) is 12.5 Å². The van der Waals surface area contributed by atoms with Gasteiger partial charge in [0.05, 0.1) is 11.3 Å². The van der Waals surface area contributed by atoms with Crippen molar-refractivity contribution in [2.24, 2.45) is 4.99 Å². The number of aliphatic imine (C=N–C) groups is 1. The molecule has 0 bridgehead atoms. The van der Waals surface area contributed by atoms with Crippen molar-refractivity contribution in [3.63, 3.8) is 0 Å². The van der Waals surface area contributed by atoms with E-state index in [1.165, 1.54) is 6.92 Å². The summed E-state index contributed by atoms with van der Waals surface area (Å²) in [6, 6.07) is 14.8. The van der Waals surface area contributed by atoms with Crippen LogP contribution in [0.2, 0.25) is 0 Å². The van der Waals surface area contributed by atoms with E-state index in [9.17, 15) is 9.90 Å². The molecule has 1 heterocycles. The van der Waals surface area contributed by atoms with Gasteiger partial charge in [0.1, 0.15) is 0 Å². The van der Waals surface area contributed by atoms with Crippen molar-refractivity contribution in [3.05, 3.63) is 54.1 Å². The number of fused-ring (bicyclic) bond motifs is 1. The highest BCUT2D eigenvalue weighted by Gasteiger charge is 2.07. The van der Waals surface area contributed by atoms with Gasteiger partial charge in [-0.15, -0.1) is 0 Å². The molecule has 1 aromatic heterocycles. The first-order valence-electron chi connectivity index (χ1n) is 6.85. The van der Waals surface area contributed by atoms with E-state index in [2.05, 4.69) is 15.3 Å². The number of nitrogens with zero attached hydrogens (tertiary/aromatic N) is 1. The second-order valence-electron chi connectivity index (χ2n) is 4.92. The maximum absolute atomic E-state index is 11.1. The summed E-state index contributed by atoms with van der Waals surface area (Å²) in [4.78, 5) is 18.4. The third kappa shape index (κ3) is 2.83. The molecule has 0 radical (unpaired) electrons. The van der Waals surface area contributed by atoms with Crippen LogP contribution >= 0.6 is 0 Å². The Morgan fingerprint density at radius 2 is 2.05 bits per heavy atom. The van der Waals surface area contributed by atoms with Crippen molar-refractivity contribution in [2.75, 3.05) is 5.32 Å². The first-order chi connectivity index (χ1) is 10.6. The summed E-state index contributed by atoms with van der Waals surface area (Å²) >= 11 is 0. The number of H-pyrrole nitrogens is 1. The average molecular weight is 293 g/mol. The number of nitrogens with one attached hydrogen (secondary N) is 2. The Morgan fingerprint density at radius 3 is 2.86 bits per heavy atom. The Kier molecular flexibility index (Phi) is 3.62. The Hall–Kier alpha value is -3.08. The van der Waals surface area contributed by atoms with Crippen LogP contribution in [0.25, 0.3) is 10.9 Å². The lowest BCUT2D eigenvalue weighted by atomic mass is 10.2. The molecular weight excluding hydrogens is 278 g/mol. The van der Waals surface area contributed by atoms with Gasteiger partial charge in [-0.05, 0) is 24.3 Å². The van der Waals surface area contributed by atoms with Gasteiger partial charge in [0, 0.05) is 29.7 Å². The number of amides is 1. The highest BCUT2D eigenvalue weighted by molar-refractivity contribution is 6.02. The maximum Gasteiger partial charge on any atom is 0.221 e. The third-order valence-electron chi connectivity index (χ3n) is 3.23. The second-order valence-corrected chi connectivity index (χ2v) is 4.92. The Morgan fingerprint density at radius 1 is 1.23 bits per heavy atom. The number of aromatic hydroxyl groups is 1. The number of aromatic nitrogens is 1. The zero-order valence-electron chi connectivity index (χ0n) is 12.0. The van der Waals surface area contributed by atoms with Gasteiger partial charge in [0.15, 0.2) is 5.88 Å². The molecule has 0 spiro atoms. The van der Waals surface area contributed by atoms with Gasteiger partial charge < -0.3 is 15.4 Å². The standard InChI is InChI=1S/C17H15N3O2/c1-11(21)19-13-6-4-5-12(9-13)18-10-15-14-7-2-3-8-16(14)20-17(15)22/h2-10,20,22H,1H3,(H,19,21). The van der Waals surface area contributed by atoms with Crippen molar-refractivity contribution in [1.29, 1.82) is 0 Å². The number of anilines is 1. The van der Waals surface area contributed by atoms with E-state index in [1.54, 1.807) is 18.3 Å². The Balaban J connectivity index is 1.93. The fourth-order valence-electron chi connectivity index (χ4n) is 2.29. The highest BCUT2D eigenvalue weighted by Crippen LogP contribution is 2.26. The zero-order chi connectivity index (χ0) is 15.5. The predicted octanol–water partition coefficient (Wildman–Crippen LogP) is 3.58. The van der Waals surface area contributed by atoms with Crippen molar-refractivity contribution in [3.8, 4) is 5.88 Å². The second kappa shape index (κ2) is 5.73. The van der Waals surface area contributed by atoms with E-state index >= 15 is 0 Å². The summed E-state index contributed by atoms with van der Waals surface area (Å²) in [6.07, 6.45) is 1.61. The fraction of sp³-hybridized carbons (Fsp3) is 0.0588. The van der Waals surface area contributed by atoms with Crippen LogP contribution in [0.3, 0.4) is 0 Å². The van der Waals surface area contributed by atoms with Gasteiger partial charge in [-0.1, -0.05) is 24.3 Å². The number of hydrogen-bond donors (Lipinski definition) is 3. The molecule has 110 valence electrons. The number of para-hydroxylation sites is 1. The third-order valence-corrected chi connectivity index (χ3v) is 3.23. The number of carbonyl (C=O) groups excluding carboxylic acids is 1. The molecule has 3 N–H and O–H groups in total. The van der Waals surface area contributed by atoms with Gasteiger partial charge in [-0.25, -0.2) is 0 Å². The smallest absolute Gasteiger partial charge is 0.221 e. The number of aromatic amines is 1. The van der Waals surface area contributed by atoms with Crippen LogP contribution < -0.4 is 5.32 Å². The van der Waals surface area contributed by atoms with Gasteiger partial charge in [0.2, 0.25) is 5.91 Å². The molecule has 0 atom stereocenters. The summed E-state index contributed by atoms with van der Waals surface area (Å²) in [5.74, 6) is -0.0432. The number of hydrogen-bond acceptors (Lipinski definition) is 3. The molecule has 0 unspecified atom stereocenters. The van der Waals surface area contributed by atoms with Gasteiger partial charge in [0.25, 0.3) is 0 Å². The van der Waals surface area contributed by atoms with E-state index < -0.39 is 0 Å². The largest absolute Gasteiger partial charge is 0.494 e. The fourth-order valence-corrected chi connectivity index (χ4v) is 2.29. The lowest BCUT2D eigenvalue weighted by molar-refractivity contribution is -0.114. The number of benzene rings is 2. The Bertz CT molecular complexity index is 865. The first kappa shape index (κ1) is 13.9. The van der Waals surface area contributed by atoms with Crippen molar-refractivity contribution >= 4 is 34.4 Å². The summed E-state index contributed by atoms with van der Waals surface area (Å²) in [5, 5.41) is 13.6. The van der Waals surface area contributed by atoms with Crippen molar-refractivity contribution in [1.82, 2.24) is 4.98 Å². The van der Waals surface area contributed by atoms with E-state index in [1.807, 2.05) is 36.4 Å². The van der Waals surface area contributed by atoms with Crippen LogP contribution in [0.15, 0.2) is 53.5 Å². The summed E-state index contributed by atoms with van der Waals surface area (Å²) in [6.45, 7) is 1.46. The summed E-state index contributed by atoms with van der Waals surface area (Å²) in [5.41, 5.74) is 2.87. The van der Waals surface area contributed by atoms with Crippen LogP contribution in [0.4, 0.5) is 11.4 Å². The molecule has 22 heavy (non-hydrogen) atoms. The van der Waals surface area contributed by atoms with Crippen molar-refractivity contribution in [2.45, 2.75) is 6.92 Å². The number of carbonyl (C=O) groups is 1. The van der Waals surface area contributed by atoms with E-state index in [-0.39, 0.29) is 11.8 Å². The van der Waals surface area contributed by atoms with Crippen LogP contribution in [-0.4, -0.2) is 22.2 Å². The normalized spacial score (nSPS) is 11.1. The molecule has 0 saturated heterocycles. The lowest BCUT2D eigenvalue weighted by Gasteiger charge is -2.02. The molecule has 0 aliphatic carbocycles. The maximum atomic E-state index is 11.1. The minimum absolute atomic E-state index is 0.0861. The minimum Gasteiger partial charge on any atom is -0.494 e. The first-order valence-corrected chi connectivity index (χ1v) is 6.85. The molecule has 3 rings (SSSR count). The molecule has 2 aromatic carbocycles. The van der Waals surface area contributed by atoms with Gasteiger partial charge in [-0.3, -0.25) is 9.79 Å². The molecule has 0 aliphatic heterocycles. The van der Waals surface area contributed by atoms with Gasteiger partial charge >= 0.3 is 0 Å². The quantitative estimate of drug-likeness (QED) is 0.645. The van der Waals surface area contributed by atoms with E-state index in [0.29, 0.717) is 16.9 Å². The predicted molar refractivity (Wildman–Crippen MR) is 88.0 cm³/mol. The van der Waals surface area contributed by atoms with Gasteiger partial charge in [-0.2, -0.15) is 0 Å². The molecule has 3 aromatic rings. The lowest BCUT2D eigenvalue weighted by Crippen LogP contribution is -2.05. The monoisotopic (exact) mass is 293 g/mol. The van der Waals surface area contributed by atoms with Crippen LogP contribution in [0.5, 0.6) is 5.88 Å². The molecule has 0 aliphatic rings. The SMILES string of the molecule is CC(=O)Nc1cccc(N=Cc2c(O)[nH]c3ccccc23)c1. The minimum atomic E-state index is -0.129. The zero-order valence-corrected chi connectivity index (χ0v) is 12.0. The summed E-state index contributed by atoms with van der Waals surface area (Å²) in [7, 11) is 0. The molecule has 1 amide bonds. The average Bonchev–Trinajstić information content (AvgIpc) is 2.80. The molecular formula is C17H15N3O2. The highest BCUT2D eigenvalue weighted by atomic mass is 16.3. The molecule has 0 fully saturated rings. The van der Waals surface area contributed by atoms with Crippen LogP contribution in [-0.2, 0) is 4.79 Å². The molecule has 5 nitrogen and oxygen atoms in total. The van der Waals surface area contributed by atoms with E-state index in [4.69, 9.17) is 0 Å². The Labute approximate surface area is 127 Å². The topological polar surface area (TPSA) is 77.5 Å². The number of rotatable bonds is 3. The molecule has 5 heteroatoms. The van der Waals surface area contributed by atoms with Crippen molar-refractivity contribution < 1.29 is 9.90 Å². The van der Waals surface area contributed by atoms with E-state index in [0.717, 1.165) is 10.9 Å². The summed E-state index contributed by atoms with van der Waals surface area (Å²) < 4.78 is 0.